The highest BCUT2D eigenvalue weighted by molar-refractivity contribution is 7.18. The van der Waals surface area contributed by atoms with Gasteiger partial charge in [-0.3, -0.25) is 4.98 Å². The minimum Gasteiger partial charge on any atom is -1.00 e. The monoisotopic (exact) mass is 332 g/mol. The van der Waals surface area contributed by atoms with Crippen molar-refractivity contribution in [1.29, 1.82) is 0 Å². The van der Waals surface area contributed by atoms with Gasteiger partial charge in [0.25, 0.3) is 10.1 Å². The first kappa shape index (κ1) is 16.4. The zero-order chi connectivity index (χ0) is 14.7. The van der Waals surface area contributed by atoms with Gasteiger partial charge in [0.15, 0.2) is 7.05 Å². The van der Waals surface area contributed by atoms with E-state index in [4.69, 9.17) is 0 Å². The van der Waals surface area contributed by atoms with Gasteiger partial charge < -0.3 is 17.7 Å². The molecule has 3 rings (SSSR count). The number of aryl methyl sites for hydroxylation is 2. The van der Waals surface area contributed by atoms with Crippen LogP contribution < -0.4 is 22.4 Å². The van der Waals surface area contributed by atoms with Gasteiger partial charge in [-0.15, -0.1) is 0 Å². The van der Waals surface area contributed by atoms with E-state index in [0.717, 1.165) is 27.8 Å². The van der Waals surface area contributed by atoms with E-state index >= 15 is 0 Å². The average molecular weight is 333 g/mol. The Morgan fingerprint density at radius 3 is 2.41 bits per heavy atom. The molecule has 0 amide bonds. The van der Waals surface area contributed by atoms with E-state index in [9.17, 15) is 0 Å². The van der Waals surface area contributed by atoms with Crippen molar-refractivity contribution in [2.24, 2.45) is 7.05 Å². The average Bonchev–Trinajstić information content (AvgIpc) is 2.89. The molecule has 0 bridgehead atoms. The first-order valence-electron chi connectivity index (χ1n) is 6.90. The minimum atomic E-state index is 0. The van der Waals surface area contributed by atoms with Crippen LogP contribution in [0.4, 0.5) is 10.8 Å². The van der Waals surface area contributed by atoms with Crippen LogP contribution in [0.25, 0.3) is 10.6 Å². The minimum absolute atomic E-state index is 0. The lowest BCUT2D eigenvalue weighted by molar-refractivity contribution is -0.714. The third-order valence-corrected chi connectivity index (χ3v) is 4.34. The highest BCUT2D eigenvalue weighted by Gasteiger charge is 2.18. The van der Waals surface area contributed by atoms with E-state index in [2.05, 4.69) is 46.6 Å². The number of hydrogen-bond donors (Lipinski definition) is 1. The van der Waals surface area contributed by atoms with Crippen LogP contribution in [0.15, 0.2) is 48.8 Å². The van der Waals surface area contributed by atoms with Crippen molar-refractivity contribution in [1.82, 2.24) is 10.1 Å². The van der Waals surface area contributed by atoms with E-state index in [-0.39, 0.29) is 12.4 Å². The van der Waals surface area contributed by atoms with Gasteiger partial charge in [-0.2, -0.15) is 0 Å². The van der Waals surface area contributed by atoms with Crippen LogP contribution in [-0.4, -0.2) is 10.1 Å². The summed E-state index contributed by atoms with van der Waals surface area (Å²) in [6.07, 6.45) is 4.65. The van der Waals surface area contributed by atoms with Gasteiger partial charge in [0.2, 0.25) is 0 Å². The topological polar surface area (TPSA) is 41.7 Å². The summed E-state index contributed by atoms with van der Waals surface area (Å²) in [5, 5.41) is 9.87. The van der Waals surface area contributed by atoms with Crippen molar-refractivity contribution >= 4 is 22.2 Å². The highest BCUT2D eigenvalue weighted by Crippen LogP contribution is 2.26. The first-order valence-corrected chi connectivity index (χ1v) is 7.71. The third-order valence-electron chi connectivity index (χ3n) is 3.27. The molecule has 0 atom stereocenters. The maximum absolute atomic E-state index is 4.53. The van der Waals surface area contributed by atoms with Gasteiger partial charge >= 0.3 is 0 Å². The summed E-state index contributed by atoms with van der Waals surface area (Å²) in [6, 6.07) is 12.4. The molecule has 1 N–H and O–H groups in total. The van der Waals surface area contributed by atoms with Gasteiger partial charge in [-0.1, -0.05) is 23.7 Å². The van der Waals surface area contributed by atoms with Crippen molar-refractivity contribution < 1.29 is 17.1 Å². The molecule has 1 aromatic carbocycles. The number of nitrogens with zero attached hydrogens (tertiary/aromatic N) is 3. The molecule has 22 heavy (non-hydrogen) atoms. The number of nitrogens with one attached hydrogen (secondary N) is 1. The van der Waals surface area contributed by atoms with Crippen LogP contribution >= 0.6 is 11.3 Å². The van der Waals surface area contributed by atoms with Crippen molar-refractivity contribution in [2.75, 3.05) is 5.32 Å². The molecule has 0 aliphatic heterocycles. The normalized spacial score (nSPS) is 10.1. The van der Waals surface area contributed by atoms with E-state index in [1.165, 1.54) is 5.56 Å². The highest BCUT2D eigenvalue weighted by atomic mass is 35.5. The quantitative estimate of drug-likeness (QED) is 0.701. The first-order chi connectivity index (χ1) is 10.3. The number of aromatic nitrogens is 3. The molecule has 6 heteroatoms. The molecule has 3 aromatic rings. The molecule has 0 spiro atoms. The molecule has 0 aliphatic rings. The maximum atomic E-state index is 4.53. The van der Waals surface area contributed by atoms with Crippen LogP contribution in [0.5, 0.6) is 0 Å². The van der Waals surface area contributed by atoms with Crippen molar-refractivity contribution in [3.63, 3.8) is 0 Å². The van der Waals surface area contributed by atoms with E-state index in [1.54, 1.807) is 23.7 Å². The lowest BCUT2D eigenvalue weighted by atomic mass is 10.1. The van der Waals surface area contributed by atoms with Crippen molar-refractivity contribution in [2.45, 2.75) is 13.3 Å². The standard InChI is InChI=1S/C16H17N4S.ClH/c1-3-12-4-6-14(7-5-12)18-16-19-20(2)15(21-16)13-8-10-17-11-9-13;/h4-11H,3H2,1-2H3,(H,18,19);1H/q+1;/p-1. The molecular weight excluding hydrogens is 316 g/mol. The molecule has 0 unspecified atom stereocenters. The Kier molecular flexibility index (Phi) is 5.46. The van der Waals surface area contributed by atoms with Crippen LogP contribution in [0, 0.1) is 0 Å². The summed E-state index contributed by atoms with van der Waals surface area (Å²) < 4.78 is 1.89. The Morgan fingerprint density at radius 1 is 1.09 bits per heavy atom. The van der Waals surface area contributed by atoms with Crippen LogP contribution in [0.2, 0.25) is 0 Å². The van der Waals surface area contributed by atoms with Gasteiger partial charge in [0.05, 0.1) is 5.56 Å². The smallest absolute Gasteiger partial charge is 0.297 e. The molecule has 0 fully saturated rings. The van der Waals surface area contributed by atoms with E-state index in [1.807, 2.05) is 23.9 Å². The van der Waals surface area contributed by atoms with Crippen molar-refractivity contribution in [3.05, 3.63) is 54.4 Å². The second-order valence-corrected chi connectivity index (χ2v) is 5.72. The Labute approximate surface area is 140 Å². The number of anilines is 2. The summed E-state index contributed by atoms with van der Waals surface area (Å²) in [5.74, 6) is 0. The lowest BCUT2D eigenvalue weighted by Gasteiger charge is -2.01. The van der Waals surface area contributed by atoms with E-state index < -0.39 is 0 Å². The van der Waals surface area contributed by atoms with Crippen molar-refractivity contribution in [3.8, 4) is 10.6 Å². The molecule has 4 nitrogen and oxygen atoms in total. The third kappa shape index (κ3) is 3.61. The van der Waals surface area contributed by atoms with Gasteiger partial charge in [0, 0.05) is 23.2 Å². The second kappa shape index (κ2) is 7.33. The fourth-order valence-electron chi connectivity index (χ4n) is 2.10. The fourth-order valence-corrected chi connectivity index (χ4v) is 3.04. The number of benzene rings is 1. The predicted octanol–water partition coefficient (Wildman–Crippen LogP) is 0.340. The Bertz CT molecular complexity index is 726. The number of halogens is 1. The molecule has 0 saturated carbocycles. The summed E-state index contributed by atoms with van der Waals surface area (Å²) in [5.41, 5.74) is 3.52. The number of rotatable bonds is 4. The Hall–Kier alpha value is -1.98. The number of pyridine rings is 1. The van der Waals surface area contributed by atoms with Crippen LogP contribution in [0.1, 0.15) is 12.5 Å². The molecule has 0 radical (unpaired) electrons. The SMILES string of the molecule is CCc1ccc(Nc2n[n+](C)c(-c3ccncc3)s2)cc1.[Cl-]. The van der Waals surface area contributed by atoms with Crippen LogP contribution in [-0.2, 0) is 13.5 Å². The summed E-state index contributed by atoms with van der Waals surface area (Å²) in [7, 11) is 1.96. The molecule has 0 aliphatic carbocycles. The van der Waals surface area contributed by atoms with E-state index in [0.29, 0.717) is 0 Å². The Balaban J connectivity index is 0.00000176. The fraction of sp³-hybridized carbons (Fsp3) is 0.188. The van der Waals surface area contributed by atoms with Gasteiger partial charge in [0.1, 0.15) is 0 Å². The molecule has 2 aromatic heterocycles. The van der Waals surface area contributed by atoms with Crippen LogP contribution in [0.3, 0.4) is 0 Å². The van der Waals surface area contributed by atoms with Gasteiger partial charge in [-0.25, -0.2) is 0 Å². The summed E-state index contributed by atoms with van der Waals surface area (Å²) in [4.78, 5) is 4.05. The molecule has 2 heterocycles. The largest absolute Gasteiger partial charge is 1.00 e. The molecular formula is C16H17ClN4S. The Morgan fingerprint density at radius 2 is 1.77 bits per heavy atom. The second-order valence-electron chi connectivity index (χ2n) is 4.75. The summed E-state index contributed by atoms with van der Waals surface area (Å²) >= 11 is 1.63. The number of hydrogen-bond acceptors (Lipinski definition) is 4. The summed E-state index contributed by atoms with van der Waals surface area (Å²) in [6.45, 7) is 2.16. The molecule has 0 saturated heterocycles. The molecule has 114 valence electrons. The van der Waals surface area contributed by atoms with Gasteiger partial charge in [-0.05, 0) is 47.6 Å². The zero-order valence-corrected chi connectivity index (χ0v) is 14.0. The maximum Gasteiger partial charge on any atom is 0.297 e. The zero-order valence-electron chi connectivity index (χ0n) is 12.5. The lowest BCUT2D eigenvalue weighted by Crippen LogP contribution is -3.00. The predicted molar refractivity (Wildman–Crippen MR) is 85.6 cm³/mol.